The minimum absolute atomic E-state index is 0.0363. The number of hydrogen-bond donors (Lipinski definition) is 0. The van der Waals surface area contributed by atoms with Crippen molar-refractivity contribution in [1.29, 1.82) is 0 Å². The molecule has 0 atom stereocenters. The van der Waals surface area contributed by atoms with E-state index < -0.39 is 18.1 Å². The van der Waals surface area contributed by atoms with Gasteiger partial charge in [0.25, 0.3) is 0 Å². The summed E-state index contributed by atoms with van der Waals surface area (Å²) in [5, 5.41) is 0. The van der Waals surface area contributed by atoms with Gasteiger partial charge in [-0.1, -0.05) is 13.8 Å². The van der Waals surface area contributed by atoms with Crippen LogP contribution in [0.2, 0.25) is 0 Å². The Kier molecular flexibility index (Phi) is 6.62. The third-order valence-corrected chi connectivity index (χ3v) is 1.56. The molecule has 17 heavy (non-hydrogen) atoms. The number of methoxy groups -OCH3 is 1. The van der Waals surface area contributed by atoms with Crippen LogP contribution in [0.5, 0.6) is 0 Å². The Labute approximate surface area is 99.5 Å². The molecule has 0 aromatic carbocycles. The van der Waals surface area contributed by atoms with Crippen LogP contribution in [-0.2, 0) is 23.8 Å². The molecule has 0 aromatic heterocycles. The highest BCUT2D eigenvalue weighted by Crippen LogP contribution is 1.99. The fraction of sp³-hybridized carbons (Fsp3) is 0.545. The molecule has 6 nitrogen and oxygen atoms in total. The highest BCUT2D eigenvalue weighted by Gasteiger charge is 2.12. The van der Waals surface area contributed by atoms with Gasteiger partial charge in [0, 0.05) is 11.6 Å². The second-order valence-electron chi connectivity index (χ2n) is 3.69. The van der Waals surface area contributed by atoms with Crippen molar-refractivity contribution in [1.82, 2.24) is 0 Å². The predicted molar refractivity (Wildman–Crippen MR) is 58.1 cm³/mol. The maximum atomic E-state index is 11.1. The summed E-state index contributed by atoms with van der Waals surface area (Å²) in [6.07, 6.45) is -0.222. The van der Waals surface area contributed by atoms with Crippen molar-refractivity contribution in [2.75, 3.05) is 13.7 Å². The maximum Gasteiger partial charge on any atom is 0.516 e. The molecule has 0 amide bonds. The molecule has 0 heterocycles. The summed E-state index contributed by atoms with van der Waals surface area (Å²) in [6.45, 7) is 5.21. The standard InChI is InChI=1S/C11H16O6/c1-7(2)6-16-11(14)17-9(12)5-8(3)10(13)15-4/h5,7H,6H2,1-4H3/b8-5+. The Hall–Kier alpha value is -1.85. The van der Waals surface area contributed by atoms with Crippen LogP contribution in [0.25, 0.3) is 0 Å². The first-order valence-corrected chi connectivity index (χ1v) is 5.02. The van der Waals surface area contributed by atoms with Gasteiger partial charge in [-0.2, -0.15) is 0 Å². The van der Waals surface area contributed by atoms with E-state index in [2.05, 4.69) is 14.2 Å². The number of carbonyl (C=O) groups is 3. The van der Waals surface area contributed by atoms with Crippen LogP contribution >= 0.6 is 0 Å². The Morgan fingerprint density at radius 2 is 1.82 bits per heavy atom. The molecule has 0 aliphatic carbocycles. The molecule has 0 aliphatic rings. The van der Waals surface area contributed by atoms with Gasteiger partial charge in [0.15, 0.2) is 0 Å². The summed E-state index contributed by atoms with van der Waals surface area (Å²) in [5.74, 6) is -1.50. The van der Waals surface area contributed by atoms with Crippen molar-refractivity contribution in [2.45, 2.75) is 20.8 Å². The largest absolute Gasteiger partial charge is 0.516 e. The zero-order valence-electron chi connectivity index (χ0n) is 10.3. The summed E-state index contributed by atoms with van der Waals surface area (Å²) in [5.41, 5.74) is 0.0363. The zero-order chi connectivity index (χ0) is 13.4. The van der Waals surface area contributed by atoms with E-state index in [-0.39, 0.29) is 18.1 Å². The average molecular weight is 244 g/mol. The van der Waals surface area contributed by atoms with Crippen LogP contribution in [0.1, 0.15) is 20.8 Å². The third-order valence-electron chi connectivity index (χ3n) is 1.56. The number of rotatable bonds is 4. The highest BCUT2D eigenvalue weighted by molar-refractivity contribution is 5.98. The van der Waals surface area contributed by atoms with Crippen molar-refractivity contribution in [2.24, 2.45) is 5.92 Å². The van der Waals surface area contributed by atoms with Crippen LogP contribution in [0, 0.1) is 5.92 Å². The van der Waals surface area contributed by atoms with E-state index >= 15 is 0 Å². The quantitative estimate of drug-likeness (QED) is 0.423. The van der Waals surface area contributed by atoms with E-state index in [4.69, 9.17) is 0 Å². The van der Waals surface area contributed by atoms with Crippen molar-refractivity contribution in [3.8, 4) is 0 Å². The van der Waals surface area contributed by atoms with E-state index in [9.17, 15) is 14.4 Å². The first kappa shape index (κ1) is 15.2. The molecular formula is C11H16O6. The lowest BCUT2D eigenvalue weighted by molar-refractivity contribution is -0.138. The van der Waals surface area contributed by atoms with Crippen LogP contribution in [0.3, 0.4) is 0 Å². The third kappa shape index (κ3) is 7.10. The second-order valence-corrected chi connectivity index (χ2v) is 3.69. The molecule has 0 saturated carbocycles. The lowest BCUT2D eigenvalue weighted by atomic mass is 10.2. The van der Waals surface area contributed by atoms with Crippen LogP contribution in [0.4, 0.5) is 4.79 Å². The van der Waals surface area contributed by atoms with E-state index in [0.29, 0.717) is 0 Å². The molecule has 96 valence electrons. The molecule has 6 heteroatoms. The van der Waals surface area contributed by atoms with Gasteiger partial charge in [-0.05, 0) is 12.8 Å². The molecule has 0 spiro atoms. The summed E-state index contributed by atoms with van der Waals surface area (Å²) in [4.78, 5) is 33.0. The first-order valence-electron chi connectivity index (χ1n) is 5.02. The van der Waals surface area contributed by atoms with Crippen molar-refractivity contribution in [3.63, 3.8) is 0 Å². The van der Waals surface area contributed by atoms with Crippen molar-refractivity contribution >= 4 is 18.1 Å². The van der Waals surface area contributed by atoms with Gasteiger partial charge >= 0.3 is 18.1 Å². The number of esters is 2. The van der Waals surface area contributed by atoms with Crippen molar-refractivity contribution in [3.05, 3.63) is 11.6 Å². The molecule has 0 aromatic rings. The monoisotopic (exact) mass is 244 g/mol. The van der Waals surface area contributed by atoms with Crippen LogP contribution in [0.15, 0.2) is 11.6 Å². The van der Waals surface area contributed by atoms with E-state index in [1.807, 2.05) is 13.8 Å². The van der Waals surface area contributed by atoms with Gasteiger partial charge < -0.3 is 14.2 Å². The second kappa shape index (κ2) is 7.43. The van der Waals surface area contributed by atoms with Gasteiger partial charge in [0.1, 0.15) is 0 Å². The minimum Gasteiger partial charge on any atom is -0.466 e. The summed E-state index contributed by atoms with van der Waals surface area (Å²) in [6, 6.07) is 0. The van der Waals surface area contributed by atoms with Gasteiger partial charge in [-0.15, -0.1) is 0 Å². The van der Waals surface area contributed by atoms with E-state index in [0.717, 1.165) is 6.08 Å². The molecule has 0 saturated heterocycles. The topological polar surface area (TPSA) is 78.9 Å². The Balaban J connectivity index is 4.18. The number of carbonyl (C=O) groups excluding carboxylic acids is 3. The van der Waals surface area contributed by atoms with Gasteiger partial charge in [0.05, 0.1) is 13.7 Å². The highest BCUT2D eigenvalue weighted by atomic mass is 16.7. The molecule has 0 rings (SSSR count). The zero-order valence-corrected chi connectivity index (χ0v) is 10.3. The lowest BCUT2D eigenvalue weighted by Crippen LogP contribution is -2.15. The lowest BCUT2D eigenvalue weighted by Gasteiger charge is -2.05. The smallest absolute Gasteiger partial charge is 0.466 e. The van der Waals surface area contributed by atoms with Crippen molar-refractivity contribution < 1.29 is 28.6 Å². The normalized spacial score (nSPS) is 11.0. The summed E-state index contributed by atoms with van der Waals surface area (Å²) < 4.78 is 13.3. The van der Waals surface area contributed by atoms with Crippen LogP contribution in [-0.4, -0.2) is 31.8 Å². The molecule has 0 aliphatic heterocycles. The number of hydrogen-bond acceptors (Lipinski definition) is 6. The van der Waals surface area contributed by atoms with E-state index in [1.165, 1.54) is 14.0 Å². The fourth-order valence-corrected chi connectivity index (χ4v) is 0.772. The van der Waals surface area contributed by atoms with Gasteiger partial charge in [-0.3, -0.25) is 0 Å². The SMILES string of the molecule is COC(=O)/C(C)=C/C(=O)OC(=O)OCC(C)C. The molecule has 0 N–H and O–H groups in total. The van der Waals surface area contributed by atoms with Gasteiger partial charge in [-0.25, -0.2) is 14.4 Å². The molecule has 0 bridgehead atoms. The molecule has 0 unspecified atom stereocenters. The fourth-order valence-electron chi connectivity index (χ4n) is 0.772. The first-order chi connectivity index (χ1) is 7.86. The Bertz CT molecular complexity index is 329. The Morgan fingerprint density at radius 3 is 2.29 bits per heavy atom. The predicted octanol–water partition coefficient (Wildman–Crippen LogP) is 1.44. The average Bonchev–Trinajstić information content (AvgIpc) is 2.24. The minimum atomic E-state index is -1.09. The summed E-state index contributed by atoms with van der Waals surface area (Å²) >= 11 is 0. The molecule has 0 fully saturated rings. The summed E-state index contributed by atoms with van der Waals surface area (Å²) in [7, 11) is 1.18. The molecular weight excluding hydrogens is 228 g/mol. The Morgan fingerprint density at radius 1 is 1.24 bits per heavy atom. The maximum absolute atomic E-state index is 11.1. The van der Waals surface area contributed by atoms with Crippen LogP contribution < -0.4 is 0 Å². The van der Waals surface area contributed by atoms with E-state index in [1.54, 1.807) is 0 Å². The molecule has 0 radical (unpaired) electrons. The number of ether oxygens (including phenoxy) is 3. The van der Waals surface area contributed by atoms with Gasteiger partial charge in [0.2, 0.25) is 0 Å².